The lowest BCUT2D eigenvalue weighted by Crippen LogP contribution is -2.48. The third-order valence-electron chi connectivity index (χ3n) is 2.20. The summed E-state index contributed by atoms with van der Waals surface area (Å²) in [5.74, 6) is -1.16. The van der Waals surface area contributed by atoms with Crippen LogP contribution in [0.25, 0.3) is 0 Å². The minimum absolute atomic E-state index is 0.00940. The highest BCUT2D eigenvalue weighted by molar-refractivity contribution is 7.92. The molecule has 0 amide bonds. The maximum absolute atomic E-state index is 11.6. The first-order valence-corrected chi connectivity index (χ1v) is 6.65. The molecule has 2 atom stereocenters. The molecule has 2 unspecified atom stereocenters. The van der Waals surface area contributed by atoms with E-state index in [4.69, 9.17) is 15.6 Å². The summed E-state index contributed by atoms with van der Waals surface area (Å²) < 4.78 is 19.0. The van der Waals surface area contributed by atoms with Crippen molar-refractivity contribution in [3.8, 4) is 0 Å². The van der Waals surface area contributed by atoms with Crippen LogP contribution in [0.15, 0.2) is 25.3 Å². The molecule has 6 heteroatoms. The van der Waals surface area contributed by atoms with Gasteiger partial charge in [-0.15, -0.1) is 13.2 Å². The number of hydrogen-bond acceptors (Lipinski definition) is 4. The van der Waals surface area contributed by atoms with Gasteiger partial charge in [-0.1, -0.05) is 12.2 Å². The fourth-order valence-corrected chi connectivity index (χ4v) is 2.42. The third-order valence-corrected chi connectivity index (χ3v) is 3.84. The Kier molecular flexibility index (Phi) is 5.40. The van der Waals surface area contributed by atoms with Gasteiger partial charge in [-0.2, -0.15) is 0 Å². The minimum Gasteiger partial charge on any atom is -0.480 e. The number of nitrogens with one attached hydrogen (secondary N) is 1. The van der Waals surface area contributed by atoms with E-state index in [2.05, 4.69) is 13.2 Å². The topological polar surface area (TPSA) is 104 Å². The summed E-state index contributed by atoms with van der Waals surface area (Å²) >= 11 is 0. The second-order valence-electron chi connectivity index (χ2n) is 3.68. The SMILES string of the molecule is C=CCC(N)(CCS(=N)(=O)CC=C)C(=O)O. The number of carbonyl (C=O) groups is 1. The largest absolute Gasteiger partial charge is 0.480 e. The van der Waals surface area contributed by atoms with Gasteiger partial charge in [0.25, 0.3) is 0 Å². The summed E-state index contributed by atoms with van der Waals surface area (Å²) in [6, 6.07) is 0. The van der Waals surface area contributed by atoms with Gasteiger partial charge in [0.05, 0.1) is 0 Å². The Labute approximate surface area is 96.0 Å². The highest BCUT2D eigenvalue weighted by atomic mass is 32.2. The highest BCUT2D eigenvalue weighted by Gasteiger charge is 2.33. The predicted octanol–water partition coefficient (Wildman–Crippen LogP) is 0.967. The first kappa shape index (κ1) is 14.9. The first-order valence-electron chi connectivity index (χ1n) is 4.75. The number of aliphatic carboxylic acids is 1. The zero-order valence-electron chi connectivity index (χ0n) is 9.15. The van der Waals surface area contributed by atoms with Crippen molar-refractivity contribution in [3.05, 3.63) is 25.3 Å². The number of carboxylic acids is 1. The summed E-state index contributed by atoms with van der Waals surface area (Å²) in [4.78, 5) is 10.9. The van der Waals surface area contributed by atoms with Crippen molar-refractivity contribution in [1.82, 2.24) is 0 Å². The van der Waals surface area contributed by atoms with E-state index in [-0.39, 0.29) is 24.3 Å². The monoisotopic (exact) mass is 246 g/mol. The molecule has 0 aromatic carbocycles. The van der Waals surface area contributed by atoms with Crippen LogP contribution in [0.4, 0.5) is 0 Å². The fraction of sp³-hybridized carbons (Fsp3) is 0.500. The summed E-state index contributed by atoms with van der Waals surface area (Å²) in [5, 5.41) is 8.94. The molecule has 0 spiro atoms. The molecule has 0 aliphatic rings. The molecule has 0 saturated carbocycles. The summed E-state index contributed by atoms with van der Waals surface area (Å²) in [6.07, 6.45) is 2.88. The van der Waals surface area contributed by atoms with E-state index in [1.54, 1.807) is 0 Å². The Morgan fingerprint density at radius 2 is 2.06 bits per heavy atom. The molecule has 4 N–H and O–H groups in total. The molecular formula is C10H18N2O3S. The highest BCUT2D eigenvalue weighted by Crippen LogP contribution is 2.15. The number of carboxylic acid groups (broad SMARTS) is 1. The molecule has 0 aliphatic heterocycles. The van der Waals surface area contributed by atoms with Gasteiger partial charge in [0.1, 0.15) is 5.54 Å². The number of hydrogen-bond donors (Lipinski definition) is 3. The number of nitrogens with two attached hydrogens (primary N) is 1. The van der Waals surface area contributed by atoms with Crippen LogP contribution in [-0.2, 0) is 14.5 Å². The maximum atomic E-state index is 11.6. The molecule has 0 aliphatic carbocycles. The van der Waals surface area contributed by atoms with Crippen LogP contribution in [0.1, 0.15) is 12.8 Å². The smallest absolute Gasteiger partial charge is 0.324 e. The van der Waals surface area contributed by atoms with Crippen molar-refractivity contribution in [2.45, 2.75) is 18.4 Å². The van der Waals surface area contributed by atoms with Gasteiger partial charge in [-0.3, -0.25) is 9.57 Å². The molecule has 0 aromatic heterocycles. The van der Waals surface area contributed by atoms with Crippen molar-refractivity contribution in [2.75, 3.05) is 11.5 Å². The van der Waals surface area contributed by atoms with Crippen LogP contribution >= 0.6 is 0 Å². The summed E-state index contributed by atoms with van der Waals surface area (Å²) in [5.41, 5.74) is 4.17. The zero-order chi connectivity index (χ0) is 12.8. The van der Waals surface area contributed by atoms with Crippen LogP contribution in [0.2, 0.25) is 0 Å². The zero-order valence-corrected chi connectivity index (χ0v) is 9.96. The van der Waals surface area contributed by atoms with Crippen LogP contribution < -0.4 is 5.73 Å². The van der Waals surface area contributed by atoms with Crippen molar-refractivity contribution < 1.29 is 14.1 Å². The quantitative estimate of drug-likeness (QED) is 0.555. The molecule has 0 radical (unpaired) electrons. The molecule has 16 heavy (non-hydrogen) atoms. The third kappa shape index (κ3) is 4.59. The Balaban J connectivity index is 4.62. The van der Waals surface area contributed by atoms with E-state index in [0.29, 0.717) is 0 Å². The fourth-order valence-electron chi connectivity index (χ4n) is 1.17. The van der Waals surface area contributed by atoms with Gasteiger partial charge < -0.3 is 10.8 Å². The predicted molar refractivity (Wildman–Crippen MR) is 64.8 cm³/mol. The van der Waals surface area contributed by atoms with Crippen molar-refractivity contribution in [2.24, 2.45) is 5.73 Å². The maximum Gasteiger partial charge on any atom is 0.324 e. The van der Waals surface area contributed by atoms with Gasteiger partial charge in [0, 0.05) is 21.2 Å². The molecule has 0 fully saturated rings. The molecule has 0 aromatic rings. The van der Waals surface area contributed by atoms with E-state index >= 15 is 0 Å². The Morgan fingerprint density at radius 3 is 2.44 bits per heavy atom. The van der Waals surface area contributed by atoms with Crippen molar-refractivity contribution >= 4 is 15.7 Å². The van der Waals surface area contributed by atoms with Gasteiger partial charge in [-0.25, -0.2) is 4.21 Å². The Bertz CT molecular complexity index is 376. The summed E-state index contributed by atoms with van der Waals surface area (Å²) in [7, 11) is -2.81. The molecule has 92 valence electrons. The average molecular weight is 246 g/mol. The molecule has 0 rings (SSSR count). The lowest BCUT2D eigenvalue weighted by Gasteiger charge is -2.23. The van der Waals surface area contributed by atoms with Gasteiger partial charge in [-0.05, 0) is 12.8 Å². The lowest BCUT2D eigenvalue weighted by atomic mass is 9.94. The average Bonchev–Trinajstić information content (AvgIpc) is 2.15. The van der Waals surface area contributed by atoms with Gasteiger partial charge in [0.2, 0.25) is 0 Å². The normalized spacial score (nSPS) is 18.1. The van der Waals surface area contributed by atoms with Gasteiger partial charge in [0.15, 0.2) is 0 Å². The Hall–Kier alpha value is -1.14. The van der Waals surface area contributed by atoms with Crippen LogP contribution in [0.3, 0.4) is 0 Å². The van der Waals surface area contributed by atoms with Gasteiger partial charge >= 0.3 is 5.97 Å². The minimum atomic E-state index is -2.81. The van der Waals surface area contributed by atoms with E-state index in [1.807, 2.05) is 0 Å². The molecular weight excluding hydrogens is 228 g/mol. The summed E-state index contributed by atoms with van der Waals surface area (Å²) in [6.45, 7) is 6.83. The van der Waals surface area contributed by atoms with E-state index < -0.39 is 21.2 Å². The second kappa shape index (κ2) is 5.81. The standard InChI is InChI=1S/C10H18N2O3S/c1-3-5-10(11,9(13)14)6-8-16(12,15)7-4-2/h3-4,12H,1-2,5-8,11H2,(H,13,14). The molecule has 0 saturated heterocycles. The molecule has 5 nitrogen and oxygen atoms in total. The molecule has 0 bridgehead atoms. The lowest BCUT2D eigenvalue weighted by molar-refractivity contribution is -0.143. The van der Waals surface area contributed by atoms with Crippen LogP contribution in [-0.4, -0.2) is 32.3 Å². The van der Waals surface area contributed by atoms with E-state index in [9.17, 15) is 9.00 Å². The number of rotatable bonds is 8. The van der Waals surface area contributed by atoms with E-state index in [1.165, 1.54) is 12.2 Å². The van der Waals surface area contributed by atoms with Crippen LogP contribution in [0, 0.1) is 4.78 Å². The van der Waals surface area contributed by atoms with Crippen molar-refractivity contribution in [3.63, 3.8) is 0 Å². The van der Waals surface area contributed by atoms with E-state index in [0.717, 1.165) is 0 Å². The van der Waals surface area contributed by atoms with Crippen LogP contribution in [0.5, 0.6) is 0 Å². The van der Waals surface area contributed by atoms with Crippen molar-refractivity contribution in [1.29, 1.82) is 4.78 Å². The molecule has 0 heterocycles. The Morgan fingerprint density at radius 1 is 1.50 bits per heavy atom. The second-order valence-corrected chi connectivity index (χ2v) is 6.04. The first-order chi connectivity index (χ1) is 7.27.